The summed E-state index contributed by atoms with van der Waals surface area (Å²) in [6.07, 6.45) is 2.06. The van der Waals surface area contributed by atoms with E-state index in [2.05, 4.69) is 5.32 Å². The molecule has 0 fully saturated rings. The van der Waals surface area contributed by atoms with Gasteiger partial charge < -0.3 is 15.2 Å². The van der Waals surface area contributed by atoms with Crippen LogP contribution in [-0.2, 0) is 20.7 Å². The normalized spacial score (nSPS) is 9.95. The number of anilines is 1. The van der Waals surface area contributed by atoms with Crippen LogP contribution >= 0.6 is 0 Å². The van der Waals surface area contributed by atoms with Crippen molar-refractivity contribution >= 4 is 17.6 Å². The Morgan fingerprint density at radius 2 is 2.16 bits per heavy atom. The highest BCUT2D eigenvalue weighted by Crippen LogP contribution is 2.11. The predicted molar refractivity (Wildman–Crippen MR) is 72.1 cm³/mol. The average Bonchev–Trinajstić information content (AvgIpc) is 2.37. The molecule has 5 heteroatoms. The SMILES string of the molecule is CCCCOC(=O)Cc1cccc(NCC(=O)O)c1. The van der Waals surface area contributed by atoms with Gasteiger partial charge in [-0.05, 0) is 24.1 Å². The maximum Gasteiger partial charge on any atom is 0.322 e. The number of unbranched alkanes of at least 4 members (excludes halogenated alkanes) is 1. The summed E-state index contributed by atoms with van der Waals surface area (Å²) in [5, 5.41) is 11.3. The lowest BCUT2D eigenvalue weighted by molar-refractivity contribution is -0.143. The number of nitrogens with one attached hydrogen (secondary N) is 1. The number of rotatable bonds is 8. The first-order valence-corrected chi connectivity index (χ1v) is 6.32. The fourth-order valence-electron chi connectivity index (χ4n) is 1.52. The van der Waals surface area contributed by atoms with Crippen LogP contribution in [0.25, 0.3) is 0 Å². The fraction of sp³-hybridized carbons (Fsp3) is 0.429. The number of benzene rings is 1. The zero-order chi connectivity index (χ0) is 14.1. The molecule has 0 aliphatic rings. The first-order chi connectivity index (χ1) is 9.11. The van der Waals surface area contributed by atoms with Gasteiger partial charge in [0.1, 0.15) is 6.54 Å². The van der Waals surface area contributed by atoms with E-state index in [-0.39, 0.29) is 18.9 Å². The molecule has 5 nitrogen and oxygen atoms in total. The number of aliphatic carboxylic acids is 1. The Bertz CT molecular complexity index is 431. The number of carboxylic acids is 1. The molecule has 0 unspecified atom stereocenters. The molecule has 0 aliphatic carbocycles. The summed E-state index contributed by atoms with van der Waals surface area (Å²) in [4.78, 5) is 22.0. The van der Waals surface area contributed by atoms with E-state index >= 15 is 0 Å². The second-order valence-electron chi connectivity index (χ2n) is 4.20. The van der Waals surface area contributed by atoms with E-state index in [1.54, 1.807) is 18.2 Å². The van der Waals surface area contributed by atoms with E-state index < -0.39 is 5.97 Å². The highest BCUT2D eigenvalue weighted by Gasteiger charge is 2.05. The summed E-state index contributed by atoms with van der Waals surface area (Å²) < 4.78 is 5.07. The van der Waals surface area contributed by atoms with E-state index in [0.29, 0.717) is 12.3 Å². The zero-order valence-corrected chi connectivity index (χ0v) is 11.0. The molecule has 0 heterocycles. The minimum absolute atomic E-state index is 0.148. The van der Waals surface area contributed by atoms with Crippen LogP contribution in [0, 0.1) is 0 Å². The van der Waals surface area contributed by atoms with Crippen molar-refractivity contribution < 1.29 is 19.4 Å². The van der Waals surface area contributed by atoms with Crippen molar-refractivity contribution in [3.63, 3.8) is 0 Å². The van der Waals surface area contributed by atoms with Crippen LogP contribution in [0.15, 0.2) is 24.3 Å². The van der Waals surface area contributed by atoms with Gasteiger partial charge in [0, 0.05) is 5.69 Å². The zero-order valence-electron chi connectivity index (χ0n) is 11.0. The molecule has 0 aromatic heterocycles. The Morgan fingerprint density at radius 3 is 2.84 bits per heavy atom. The molecule has 19 heavy (non-hydrogen) atoms. The minimum atomic E-state index is -0.927. The summed E-state index contributed by atoms with van der Waals surface area (Å²) >= 11 is 0. The first kappa shape index (κ1) is 15.0. The molecular weight excluding hydrogens is 246 g/mol. The van der Waals surface area contributed by atoms with Gasteiger partial charge in [0.25, 0.3) is 0 Å². The fourth-order valence-corrected chi connectivity index (χ4v) is 1.52. The van der Waals surface area contributed by atoms with E-state index in [9.17, 15) is 9.59 Å². The highest BCUT2D eigenvalue weighted by molar-refractivity contribution is 5.74. The third kappa shape index (κ3) is 6.45. The molecule has 0 bridgehead atoms. The molecule has 0 saturated carbocycles. The largest absolute Gasteiger partial charge is 0.480 e. The van der Waals surface area contributed by atoms with Gasteiger partial charge >= 0.3 is 11.9 Å². The van der Waals surface area contributed by atoms with Gasteiger partial charge in [-0.1, -0.05) is 25.5 Å². The Morgan fingerprint density at radius 1 is 1.37 bits per heavy atom. The van der Waals surface area contributed by atoms with E-state index in [4.69, 9.17) is 9.84 Å². The summed E-state index contributed by atoms with van der Waals surface area (Å²) in [6.45, 7) is 2.34. The Kier molecular flexibility index (Phi) is 6.43. The van der Waals surface area contributed by atoms with Crippen LogP contribution in [0.4, 0.5) is 5.69 Å². The monoisotopic (exact) mass is 265 g/mol. The molecule has 0 atom stereocenters. The van der Waals surface area contributed by atoms with Crippen LogP contribution in [-0.4, -0.2) is 30.2 Å². The number of esters is 1. The number of hydrogen-bond donors (Lipinski definition) is 2. The summed E-state index contributed by atoms with van der Waals surface area (Å²) in [7, 11) is 0. The van der Waals surface area contributed by atoms with Crippen LogP contribution < -0.4 is 5.32 Å². The van der Waals surface area contributed by atoms with Crippen molar-refractivity contribution in [1.29, 1.82) is 0 Å². The van der Waals surface area contributed by atoms with Crippen LogP contribution in [0.2, 0.25) is 0 Å². The van der Waals surface area contributed by atoms with E-state index in [1.807, 2.05) is 13.0 Å². The van der Waals surface area contributed by atoms with Crippen molar-refractivity contribution in [3.05, 3.63) is 29.8 Å². The van der Waals surface area contributed by atoms with Gasteiger partial charge in [-0.15, -0.1) is 0 Å². The van der Waals surface area contributed by atoms with Crippen molar-refractivity contribution in [2.75, 3.05) is 18.5 Å². The average molecular weight is 265 g/mol. The maximum absolute atomic E-state index is 11.5. The van der Waals surface area contributed by atoms with Gasteiger partial charge in [0.2, 0.25) is 0 Å². The molecule has 0 radical (unpaired) electrons. The Hall–Kier alpha value is -2.04. The molecule has 0 saturated heterocycles. The molecule has 1 rings (SSSR count). The van der Waals surface area contributed by atoms with Crippen LogP contribution in [0.1, 0.15) is 25.3 Å². The number of carbonyl (C=O) groups is 2. The molecule has 1 aromatic rings. The molecule has 0 aliphatic heterocycles. The van der Waals surface area contributed by atoms with Crippen molar-refractivity contribution in [2.45, 2.75) is 26.2 Å². The van der Waals surface area contributed by atoms with Gasteiger partial charge in [-0.25, -0.2) is 0 Å². The van der Waals surface area contributed by atoms with Crippen LogP contribution in [0.5, 0.6) is 0 Å². The standard InChI is InChI=1S/C14H19NO4/c1-2-3-7-19-14(18)9-11-5-4-6-12(8-11)15-10-13(16)17/h4-6,8,15H,2-3,7,9-10H2,1H3,(H,16,17). The highest BCUT2D eigenvalue weighted by atomic mass is 16.5. The third-order valence-corrected chi connectivity index (χ3v) is 2.48. The maximum atomic E-state index is 11.5. The topological polar surface area (TPSA) is 75.6 Å². The number of carbonyl (C=O) groups excluding carboxylic acids is 1. The molecule has 0 amide bonds. The van der Waals surface area contributed by atoms with Gasteiger partial charge in [0.05, 0.1) is 13.0 Å². The second-order valence-corrected chi connectivity index (χ2v) is 4.20. The summed E-state index contributed by atoms with van der Waals surface area (Å²) in [6, 6.07) is 7.10. The van der Waals surface area contributed by atoms with Crippen molar-refractivity contribution in [3.8, 4) is 0 Å². The molecule has 104 valence electrons. The lowest BCUT2D eigenvalue weighted by Crippen LogP contribution is -2.13. The van der Waals surface area contributed by atoms with E-state index in [1.165, 1.54) is 0 Å². The molecule has 0 spiro atoms. The van der Waals surface area contributed by atoms with Crippen molar-refractivity contribution in [2.24, 2.45) is 0 Å². The quantitative estimate of drug-likeness (QED) is 0.556. The smallest absolute Gasteiger partial charge is 0.322 e. The summed E-state index contributed by atoms with van der Waals surface area (Å²) in [5.74, 6) is -1.19. The van der Waals surface area contributed by atoms with Gasteiger partial charge in [-0.2, -0.15) is 0 Å². The Balaban J connectivity index is 2.47. The van der Waals surface area contributed by atoms with E-state index in [0.717, 1.165) is 18.4 Å². The predicted octanol–water partition coefficient (Wildman–Crippen LogP) is 2.07. The summed E-state index contributed by atoms with van der Waals surface area (Å²) in [5.41, 5.74) is 1.48. The van der Waals surface area contributed by atoms with Gasteiger partial charge in [-0.3, -0.25) is 9.59 Å². The number of carboxylic acid groups (broad SMARTS) is 1. The van der Waals surface area contributed by atoms with Crippen LogP contribution in [0.3, 0.4) is 0 Å². The minimum Gasteiger partial charge on any atom is -0.480 e. The molecule has 2 N–H and O–H groups in total. The van der Waals surface area contributed by atoms with Gasteiger partial charge in [0.15, 0.2) is 0 Å². The first-order valence-electron chi connectivity index (χ1n) is 6.32. The lowest BCUT2D eigenvalue weighted by Gasteiger charge is -2.07. The Labute approximate surface area is 112 Å². The lowest BCUT2D eigenvalue weighted by atomic mass is 10.1. The van der Waals surface area contributed by atoms with Crippen molar-refractivity contribution in [1.82, 2.24) is 0 Å². The molecule has 1 aromatic carbocycles. The second kappa shape index (κ2) is 8.13. The number of hydrogen-bond acceptors (Lipinski definition) is 4. The number of ether oxygens (including phenoxy) is 1. The molecular formula is C14H19NO4. The third-order valence-electron chi connectivity index (χ3n) is 2.48.